The third-order valence-electron chi connectivity index (χ3n) is 6.15. The fraction of sp³-hybridized carbons (Fsp3) is 0.500. The Hall–Kier alpha value is -1.30. The molecule has 0 spiro atoms. The molecule has 1 aromatic carbocycles. The molecule has 0 heterocycles. The van der Waals surface area contributed by atoms with E-state index in [9.17, 15) is 9.59 Å². The van der Waals surface area contributed by atoms with E-state index in [1.165, 1.54) is 0 Å². The first-order valence-corrected chi connectivity index (χ1v) is 9.11. The third-order valence-corrected chi connectivity index (χ3v) is 6.95. The molecule has 0 aliphatic heterocycles. The van der Waals surface area contributed by atoms with Crippen LogP contribution >= 0.6 is 23.2 Å². The molecule has 124 valence electrons. The standard InChI is InChI=1S/C20H18Cl2O2/c21-16(23)19-9-15-8-18(11-19,7-6-14-4-2-1-3-5-14)12-20(10-15,13-19)17(22)24/h1-5,15H,8-13H2. The molecule has 24 heavy (non-hydrogen) atoms. The monoisotopic (exact) mass is 360 g/mol. The second kappa shape index (κ2) is 5.35. The maximum absolute atomic E-state index is 12.2. The lowest BCUT2D eigenvalue weighted by Gasteiger charge is -2.63. The van der Waals surface area contributed by atoms with Crippen LogP contribution in [0.25, 0.3) is 0 Å². The molecule has 4 fully saturated rings. The van der Waals surface area contributed by atoms with E-state index in [1.807, 2.05) is 30.3 Å². The minimum absolute atomic E-state index is 0.303. The van der Waals surface area contributed by atoms with Gasteiger partial charge in [-0.2, -0.15) is 0 Å². The summed E-state index contributed by atoms with van der Waals surface area (Å²) < 4.78 is 0. The van der Waals surface area contributed by atoms with Gasteiger partial charge < -0.3 is 0 Å². The van der Waals surface area contributed by atoms with Gasteiger partial charge >= 0.3 is 0 Å². The lowest BCUT2D eigenvalue weighted by Crippen LogP contribution is -2.60. The van der Waals surface area contributed by atoms with Crippen LogP contribution < -0.4 is 0 Å². The summed E-state index contributed by atoms with van der Waals surface area (Å²) in [5.41, 5.74) is -0.635. The topological polar surface area (TPSA) is 34.1 Å². The van der Waals surface area contributed by atoms with Gasteiger partial charge in [0.25, 0.3) is 0 Å². The predicted molar refractivity (Wildman–Crippen MR) is 93.5 cm³/mol. The first-order chi connectivity index (χ1) is 11.4. The van der Waals surface area contributed by atoms with Gasteiger partial charge in [-0.15, -0.1) is 0 Å². The highest BCUT2D eigenvalue weighted by Crippen LogP contribution is 2.70. The van der Waals surface area contributed by atoms with Gasteiger partial charge in [0.05, 0.1) is 0 Å². The van der Waals surface area contributed by atoms with Gasteiger partial charge in [0.15, 0.2) is 0 Å². The Morgan fingerprint density at radius 3 is 2.04 bits per heavy atom. The zero-order valence-corrected chi connectivity index (χ0v) is 14.8. The average Bonchev–Trinajstić information content (AvgIpc) is 2.53. The van der Waals surface area contributed by atoms with E-state index in [2.05, 4.69) is 11.8 Å². The number of halogens is 2. The zero-order chi connectivity index (χ0) is 17.0. The van der Waals surface area contributed by atoms with E-state index in [0.29, 0.717) is 25.2 Å². The van der Waals surface area contributed by atoms with E-state index in [1.54, 1.807) is 0 Å². The molecule has 4 aliphatic rings. The van der Waals surface area contributed by atoms with Crippen molar-refractivity contribution in [2.24, 2.45) is 22.2 Å². The smallest absolute Gasteiger partial charge is 0.227 e. The first kappa shape index (κ1) is 16.2. The second-order valence-electron chi connectivity index (χ2n) is 8.01. The maximum atomic E-state index is 12.2. The summed E-state index contributed by atoms with van der Waals surface area (Å²) in [4.78, 5) is 24.5. The fourth-order valence-corrected chi connectivity index (χ4v) is 6.16. The molecule has 5 rings (SSSR count). The van der Waals surface area contributed by atoms with Crippen molar-refractivity contribution in [1.82, 2.24) is 0 Å². The van der Waals surface area contributed by atoms with Crippen LogP contribution in [0.3, 0.4) is 0 Å². The first-order valence-electron chi connectivity index (χ1n) is 8.35. The average molecular weight is 361 g/mol. The molecular formula is C20H18Cl2O2. The van der Waals surface area contributed by atoms with Crippen molar-refractivity contribution < 1.29 is 9.59 Å². The Kier molecular flexibility index (Phi) is 3.61. The minimum Gasteiger partial charge on any atom is -0.281 e. The Labute approximate surface area is 151 Å². The SMILES string of the molecule is O=C(Cl)C12CC3CC(C#Cc4ccccc4)(C1)CC(C(=O)Cl)(C3)C2. The summed E-state index contributed by atoms with van der Waals surface area (Å²) in [5, 5.41) is -0.639. The highest BCUT2D eigenvalue weighted by Gasteiger charge is 2.67. The van der Waals surface area contributed by atoms with E-state index in [-0.39, 0.29) is 15.9 Å². The van der Waals surface area contributed by atoms with E-state index in [0.717, 1.165) is 24.8 Å². The second-order valence-corrected chi connectivity index (χ2v) is 8.70. The molecule has 0 amide bonds. The van der Waals surface area contributed by atoms with Gasteiger partial charge in [0.2, 0.25) is 10.5 Å². The van der Waals surface area contributed by atoms with Crippen molar-refractivity contribution in [1.29, 1.82) is 0 Å². The molecule has 2 unspecified atom stereocenters. The van der Waals surface area contributed by atoms with Crippen molar-refractivity contribution in [3.63, 3.8) is 0 Å². The Morgan fingerprint density at radius 2 is 1.50 bits per heavy atom. The Bertz CT molecular complexity index is 744. The van der Waals surface area contributed by atoms with Gasteiger partial charge in [0, 0.05) is 21.8 Å². The van der Waals surface area contributed by atoms with Gasteiger partial charge in [-0.05, 0) is 79.8 Å². The molecule has 4 bridgehead atoms. The molecule has 0 radical (unpaired) electrons. The summed E-state index contributed by atoms with van der Waals surface area (Å²) in [5.74, 6) is 6.99. The summed E-state index contributed by atoms with van der Waals surface area (Å²) in [6, 6.07) is 9.81. The quantitative estimate of drug-likeness (QED) is 0.573. The van der Waals surface area contributed by atoms with Crippen LogP contribution in [0.5, 0.6) is 0 Å². The fourth-order valence-electron chi connectivity index (χ4n) is 5.74. The Balaban J connectivity index is 1.78. The summed E-state index contributed by atoms with van der Waals surface area (Å²) in [6.45, 7) is 0. The predicted octanol–water partition coefficient (Wildman–Crippen LogP) is 4.53. The molecular weight excluding hydrogens is 343 g/mol. The van der Waals surface area contributed by atoms with Gasteiger partial charge in [0.1, 0.15) is 0 Å². The normalized spacial score (nSPS) is 39.2. The minimum atomic E-state index is -0.628. The van der Waals surface area contributed by atoms with Crippen LogP contribution in [-0.4, -0.2) is 10.5 Å². The summed E-state index contributed by atoms with van der Waals surface area (Å²) in [7, 11) is 0. The van der Waals surface area contributed by atoms with Crippen LogP contribution in [0.1, 0.15) is 44.1 Å². The molecule has 4 saturated carbocycles. The largest absolute Gasteiger partial charge is 0.281 e. The van der Waals surface area contributed by atoms with Crippen LogP contribution in [0, 0.1) is 34.0 Å². The Morgan fingerprint density at radius 1 is 0.917 bits per heavy atom. The lowest BCUT2D eigenvalue weighted by molar-refractivity contribution is -0.163. The molecule has 4 aliphatic carbocycles. The van der Waals surface area contributed by atoms with Crippen molar-refractivity contribution in [3.05, 3.63) is 35.9 Å². The van der Waals surface area contributed by atoms with Crippen LogP contribution in [0.2, 0.25) is 0 Å². The van der Waals surface area contributed by atoms with Gasteiger partial charge in [-0.25, -0.2) is 0 Å². The molecule has 2 nitrogen and oxygen atoms in total. The van der Waals surface area contributed by atoms with Crippen molar-refractivity contribution in [2.45, 2.75) is 38.5 Å². The molecule has 0 aromatic heterocycles. The summed E-state index contributed by atoms with van der Waals surface area (Å²) >= 11 is 12.0. The zero-order valence-electron chi connectivity index (χ0n) is 13.3. The highest BCUT2D eigenvalue weighted by molar-refractivity contribution is 6.66. The van der Waals surface area contributed by atoms with E-state index >= 15 is 0 Å². The number of hydrogen-bond donors (Lipinski definition) is 0. The molecule has 0 N–H and O–H groups in total. The highest BCUT2D eigenvalue weighted by atomic mass is 35.5. The van der Waals surface area contributed by atoms with Gasteiger partial charge in [-0.3, -0.25) is 9.59 Å². The number of rotatable bonds is 2. The van der Waals surface area contributed by atoms with Crippen molar-refractivity contribution >= 4 is 33.7 Å². The third kappa shape index (κ3) is 2.41. The number of carbonyl (C=O) groups is 2. The molecule has 0 saturated heterocycles. The molecule has 4 heteroatoms. The van der Waals surface area contributed by atoms with Crippen LogP contribution in [0.4, 0.5) is 0 Å². The number of hydrogen-bond acceptors (Lipinski definition) is 2. The maximum Gasteiger partial charge on any atom is 0.227 e. The van der Waals surface area contributed by atoms with Crippen molar-refractivity contribution in [2.75, 3.05) is 0 Å². The molecule has 1 aromatic rings. The van der Waals surface area contributed by atoms with Gasteiger partial charge in [-0.1, -0.05) is 30.0 Å². The van der Waals surface area contributed by atoms with Crippen molar-refractivity contribution in [3.8, 4) is 11.8 Å². The van der Waals surface area contributed by atoms with Crippen LogP contribution in [-0.2, 0) is 9.59 Å². The lowest BCUT2D eigenvalue weighted by atomic mass is 9.40. The summed E-state index contributed by atoms with van der Waals surface area (Å²) in [6.07, 6.45) is 4.29. The van der Waals surface area contributed by atoms with E-state index in [4.69, 9.17) is 23.2 Å². The molecule has 2 atom stereocenters. The van der Waals surface area contributed by atoms with E-state index < -0.39 is 10.8 Å². The number of carbonyl (C=O) groups excluding carboxylic acids is 2. The number of benzene rings is 1. The van der Waals surface area contributed by atoms with Crippen LogP contribution in [0.15, 0.2) is 30.3 Å².